The summed E-state index contributed by atoms with van der Waals surface area (Å²) < 4.78 is 5.55. The highest BCUT2D eigenvalue weighted by Gasteiger charge is 1.99. The molecule has 0 aliphatic rings. The predicted molar refractivity (Wildman–Crippen MR) is 57.5 cm³/mol. The lowest BCUT2D eigenvalue weighted by atomic mass is 10.1. The average Bonchev–Trinajstić information content (AvgIpc) is 2.18. The zero-order chi connectivity index (χ0) is 10.4. The lowest BCUT2D eigenvalue weighted by Crippen LogP contribution is -1.97. The van der Waals surface area contributed by atoms with Gasteiger partial charge in [0, 0.05) is 0 Å². The molecule has 0 spiro atoms. The molecule has 0 saturated carbocycles. The monoisotopic (exact) mass is 194 g/mol. The van der Waals surface area contributed by atoms with E-state index in [4.69, 9.17) is 9.84 Å². The topological polar surface area (TPSA) is 29.5 Å². The van der Waals surface area contributed by atoms with Crippen molar-refractivity contribution in [3.8, 4) is 5.75 Å². The molecule has 1 aromatic rings. The number of aliphatic hydroxyl groups excluding tert-OH is 1. The molecule has 78 valence electrons. The SMILES string of the molecule is CCCCOc1ccc(CO)c(C)c1. The number of aryl methyl sites for hydroxylation is 1. The Labute approximate surface area is 85.5 Å². The summed E-state index contributed by atoms with van der Waals surface area (Å²) in [5, 5.41) is 8.98. The fraction of sp³-hybridized carbons (Fsp3) is 0.500. The van der Waals surface area contributed by atoms with E-state index in [1.54, 1.807) is 0 Å². The van der Waals surface area contributed by atoms with Crippen molar-refractivity contribution in [3.05, 3.63) is 29.3 Å². The maximum atomic E-state index is 8.98. The molecule has 0 saturated heterocycles. The van der Waals surface area contributed by atoms with Crippen LogP contribution in [0.5, 0.6) is 5.75 Å². The minimum absolute atomic E-state index is 0.0983. The highest BCUT2D eigenvalue weighted by Crippen LogP contribution is 2.17. The number of rotatable bonds is 5. The van der Waals surface area contributed by atoms with E-state index in [-0.39, 0.29) is 6.61 Å². The standard InChI is InChI=1S/C12H18O2/c1-3-4-7-14-12-6-5-11(9-13)10(2)8-12/h5-6,8,13H,3-4,7,9H2,1-2H3. The van der Waals surface area contributed by atoms with Crippen molar-refractivity contribution >= 4 is 0 Å². The summed E-state index contributed by atoms with van der Waals surface area (Å²) in [7, 11) is 0. The van der Waals surface area contributed by atoms with Gasteiger partial charge in [0.15, 0.2) is 0 Å². The van der Waals surface area contributed by atoms with Crippen LogP contribution in [0.25, 0.3) is 0 Å². The van der Waals surface area contributed by atoms with Crippen molar-refractivity contribution in [1.29, 1.82) is 0 Å². The van der Waals surface area contributed by atoms with Crippen molar-refractivity contribution in [3.63, 3.8) is 0 Å². The van der Waals surface area contributed by atoms with Crippen LogP contribution in [0.15, 0.2) is 18.2 Å². The van der Waals surface area contributed by atoms with Crippen LogP contribution in [-0.4, -0.2) is 11.7 Å². The summed E-state index contributed by atoms with van der Waals surface area (Å²) in [6.07, 6.45) is 2.23. The van der Waals surface area contributed by atoms with E-state index in [0.717, 1.165) is 36.3 Å². The van der Waals surface area contributed by atoms with Gasteiger partial charge in [0.2, 0.25) is 0 Å². The van der Waals surface area contributed by atoms with Gasteiger partial charge in [-0.2, -0.15) is 0 Å². The summed E-state index contributed by atoms with van der Waals surface area (Å²) in [5.74, 6) is 0.896. The van der Waals surface area contributed by atoms with Gasteiger partial charge in [0.1, 0.15) is 5.75 Å². The Morgan fingerprint density at radius 2 is 2.14 bits per heavy atom. The minimum Gasteiger partial charge on any atom is -0.494 e. The summed E-state index contributed by atoms with van der Waals surface area (Å²) in [6, 6.07) is 5.80. The first-order valence-corrected chi connectivity index (χ1v) is 5.11. The molecule has 0 amide bonds. The van der Waals surface area contributed by atoms with E-state index < -0.39 is 0 Å². The Morgan fingerprint density at radius 3 is 2.71 bits per heavy atom. The number of ether oxygens (including phenoxy) is 1. The van der Waals surface area contributed by atoms with Gasteiger partial charge in [-0.25, -0.2) is 0 Å². The summed E-state index contributed by atoms with van der Waals surface area (Å²) in [4.78, 5) is 0. The van der Waals surface area contributed by atoms with Crippen LogP contribution >= 0.6 is 0 Å². The van der Waals surface area contributed by atoms with Gasteiger partial charge in [0.05, 0.1) is 13.2 Å². The molecule has 14 heavy (non-hydrogen) atoms. The van der Waals surface area contributed by atoms with Crippen LogP contribution in [0.1, 0.15) is 30.9 Å². The third-order valence-corrected chi connectivity index (χ3v) is 2.25. The Morgan fingerprint density at radius 1 is 1.36 bits per heavy atom. The van der Waals surface area contributed by atoms with E-state index in [9.17, 15) is 0 Å². The van der Waals surface area contributed by atoms with E-state index >= 15 is 0 Å². The molecule has 2 nitrogen and oxygen atoms in total. The molecule has 0 heterocycles. The second kappa shape index (κ2) is 5.66. The maximum Gasteiger partial charge on any atom is 0.119 e. The zero-order valence-corrected chi connectivity index (χ0v) is 8.92. The zero-order valence-electron chi connectivity index (χ0n) is 8.92. The van der Waals surface area contributed by atoms with Gasteiger partial charge in [-0.3, -0.25) is 0 Å². The summed E-state index contributed by atoms with van der Waals surface area (Å²) >= 11 is 0. The van der Waals surface area contributed by atoms with Crippen molar-refractivity contribution < 1.29 is 9.84 Å². The molecule has 1 rings (SSSR count). The summed E-state index contributed by atoms with van der Waals surface area (Å²) in [6.45, 7) is 5.00. The first-order valence-electron chi connectivity index (χ1n) is 5.11. The highest BCUT2D eigenvalue weighted by atomic mass is 16.5. The number of hydrogen-bond acceptors (Lipinski definition) is 2. The molecule has 1 N–H and O–H groups in total. The minimum atomic E-state index is 0.0983. The molecule has 0 aliphatic heterocycles. The van der Waals surface area contributed by atoms with E-state index in [2.05, 4.69) is 6.92 Å². The van der Waals surface area contributed by atoms with E-state index in [0.29, 0.717) is 0 Å². The first-order chi connectivity index (χ1) is 6.77. The molecule has 1 aromatic carbocycles. The molecule has 0 aliphatic carbocycles. The Bertz CT molecular complexity index is 282. The van der Waals surface area contributed by atoms with Gasteiger partial charge in [-0.1, -0.05) is 19.4 Å². The Balaban J connectivity index is 2.57. The van der Waals surface area contributed by atoms with Crippen molar-refractivity contribution in [2.75, 3.05) is 6.61 Å². The second-order valence-corrected chi connectivity index (χ2v) is 3.45. The van der Waals surface area contributed by atoms with Crippen LogP contribution in [-0.2, 0) is 6.61 Å². The maximum absolute atomic E-state index is 8.98. The van der Waals surface area contributed by atoms with Crippen LogP contribution < -0.4 is 4.74 Å². The molecule has 0 atom stereocenters. The van der Waals surface area contributed by atoms with Gasteiger partial charge in [-0.15, -0.1) is 0 Å². The van der Waals surface area contributed by atoms with Crippen molar-refractivity contribution in [1.82, 2.24) is 0 Å². The second-order valence-electron chi connectivity index (χ2n) is 3.45. The summed E-state index contributed by atoms with van der Waals surface area (Å²) in [5.41, 5.74) is 2.05. The average molecular weight is 194 g/mol. The third kappa shape index (κ3) is 3.04. The fourth-order valence-corrected chi connectivity index (χ4v) is 1.27. The fourth-order valence-electron chi connectivity index (χ4n) is 1.27. The van der Waals surface area contributed by atoms with Crippen LogP contribution in [0, 0.1) is 6.92 Å². The lowest BCUT2D eigenvalue weighted by Gasteiger charge is -2.08. The van der Waals surface area contributed by atoms with Crippen molar-refractivity contribution in [2.24, 2.45) is 0 Å². The molecule has 2 heteroatoms. The Kier molecular flexibility index (Phi) is 4.47. The molecule has 0 radical (unpaired) electrons. The quantitative estimate of drug-likeness (QED) is 0.730. The number of hydrogen-bond donors (Lipinski definition) is 1. The van der Waals surface area contributed by atoms with Gasteiger partial charge in [-0.05, 0) is 36.6 Å². The molecule has 0 unspecified atom stereocenters. The van der Waals surface area contributed by atoms with E-state index in [1.807, 2.05) is 25.1 Å². The smallest absolute Gasteiger partial charge is 0.119 e. The lowest BCUT2D eigenvalue weighted by molar-refractivity contribution is 0.280. The van der Waals surface area contributed by atoms with Gasteiger partial charge >= 0.3 is 0 Å². The largest absolute Gasteiger partial charge is 0.494 e. The Hall–Kier alpha value is -1.02. The predicted octanol–water partition coefficient (Wildman–Crippen LogP) is 2.67. The third-order valence-electron chi connectivity index (χ3n) is 2.25. The number of unbranched alkanes of at least 4 members (excludes halogenated alkanes) is 1. The van der Waals surface area contributed by atoms with Crippen LogP contribution in [0.3, 0.4) is 0 Å². The number of benzene rings is 1. The number of aliphatic hydroxyl groups is 1. The van der Waals surface area contributed by atoms with Crippen molar-refractivity contribution in [2.45, 2.75) is 33.3 Å². The molecular weight excluding hydrogens is 176 g/mol. The van der Waals surface area contributed by atoms with Crippen LogP contribution in [0.4, 0.5) is 0 Å². The molecular formula is C12H18O2. The van der Waals surface area contributed by atoms with E-state index in [1.165, 1.54) is 0 Å². The molecule has 0 fully saturated rings. The van der Waals surface area contributed by atoms with Crippen LogP contribution in [0.2, 0.25) is 0 Å². The molecule has 0 aromatic heterocycles. The van der Waals surface area contributed by atoms with Gasteiger partial charge < -0.3 is 9.84 Å². The highest BCUT2D eigenvalue weighted by molar-refractivity contribution is 5.34. The van der Waals surface area contributed by atoms with Gasteiger partial charge in [0.25, 0.3) is 0 Å². The first kappa shape index (κ1) is 11.1. The normalized spacial score (nSPS) is 10.2. The molecule has 0 bridgehead atoms.